The van der Waals surface area contributed by atoms with Crippen molar-refractivity contribution in [3.05, 3.63) is 65.4 Å². The van der Waals surface area contributed by atoms with Crippen molar-refractivity contribution in [2.24, 2.45) is 0 Å². The maximum absolute atomic E-state index is 11.7. The fourth-order valence-electron chi connectivity index (χ4n) is 2.31. The monoisotopic (exact) mass is 282 g/mol. The lowest BCUT2D eigenvalue weighted by Crippen LogP contribution is -2.23. The molecule has 20 heavy (non-hydrogen) atoms. The van der Waals surface area contributed by atoms with Crippen LogP contribution in [0, 0.1) is 0 Å². The molecule has 98 valence electrons. The third kappa shape index (κ3) is 1.73. The molecule has 0 saturated heterocycles. The van der Waals surface area contributed by atoms with E-state index in [0.717, 1.165) is 11.1 Å². The molecular weight excluding hydrogens is 272 g/mol. The Morgan fingerprint density at radius 3 is 2.15 bits per heavy atom. The molecule has 0 aromatic heterocycles. The summed E-state index contributed by atoms with van der Waals surface area (Å²) in [6.07, 6.45) is 0. The van der Waals surface area contributed by atoms with Crippen LogP contribution in [0.5, 0.6) is 0 Å². The second-order valence-electron chi connectivity index (χ2n) is 4.45. The van der Waals surface area contributed by atoms with Gasteiger partial charge in [-0.25, -0.2) is 0 Å². The van der Waals surface area contributed by atoms with Crippen molar-refractivity contribution in [2.45, 2.75) is 0 Å². The van der Waals surface area contributed by atoms with Crippen LogP contribution in [0.4, 0.5) is 0 Å². The quantitative estimate of drug-likeness (QED) is 0.787. The first-order valence-electron chi connectivity index (χ1n) is 6.01. The zero-order valence-corrected chi connectivity index (χ0v) is 11.1. The topological polar surface area (TPSA) is 57.5 Å². The summed E-state index contributed by atoms with van der Waals surface area (Å²) in [5, 5.41) is 19.8. The molecule has 0 amide bonds. The van der Waals surface area contributed by atoms with Gasteiger partial charge in [0.2, 0.25) is 11.5 Å². The number of benzene rings is 2. The Morgan fingerprint density at radius 1 is 0.800 bits per heavy atom. The van der Waals surface area contributed by atoms with Crippen LogP contribution in [0.1, 0.15) is 11.1 Å². The lowest BCUT2D eigenvalue weighted by Gasteiger charge is -2.19. The molecule has 0 radical (unpaired) electrons. The van der Waals surface area contributed by atoms with Crippen molar-refractivity contribution in [1.82, 2.24) is 0 Å². The molecule has 2 aromatic rings. The molecule has 2 N–H and O–H groups in total. The van der Waals surface area contributed by atoms with E-state index in [-0.39, 0.29) is 4.86 Å². The van der Waals surface area contributed by atoms with Crippen molar-refractivity contribution in [1.29, 1.82) is 0 Å². The van der Waals surface area contributed by atoms with Crippen LogP contribution in [-0.2, 0) is 4.79 Å². The van der Waals surface area contributed by atoms with Gasteiger partial charge in [-0.05, 0) is 11.1 Å². The predicted octanol–water partition coefficient (Wildman–Crippen LogP) is 3.44. The fraction of sp³-hybridized carbons (Fsp3) is 0. The highest BCUT2D eigenvalue weighted by molar-refractivity contribution is 7.82. The second kappa shape index (κ2) is 4.58. The van der Waals surface area contributed by atoms with Crippen molar-refractivity contribution < 1.29 is 15.0 Å². The van der Waals surface area contributed by atoms with Crippen LogP contribution in [0.15, 0.2) is 54.3 Å². The number of allylic oxidation sites excluding steroid dienone is 1. The molecule has 0 saturated carbocycles. The molecule has 4 heteroatoms. The first kappa shape index (κ1) is 12.6. The highest BCUT2D eigenvalue weighted by Gasteiger charge is 2.31. The third-order valence-electron chi connectivity index (χ3n) is 3.28. The van der Waals surface area contributed by atoms with Gasteiger partial charge in [-0.1, -0.05) is 60.7 Å². The summed E-state index contributed by atoms with van der Waals surface area (Å²) in [6, 6.07) is 14.7. The Labute approximate surface area is 120 Å². The van der Waals surface area contributed by atoms with E-state index in [0.29, 0.717) is 11.1 Å². The van der Waals surface area contributed by atoms with Crippen molar-refractivity contribution in [3.63, 3.8) is 0 Å². The lowest BCUT2D eigenvalue weighted by atomic mass is 9.87. The molecule has 0 bridgehead atoms. The van der Waals surface area contributed by atoms with Gasteiger partial charge in [-0.3, -0.25) is 4.79 Å². The van der Waals surface area contributed by atoms with Gasteiger partial charge in [-0.15, -0.1) is 0 Å². The number of hydrogen-bond donors (Lipinski definition) is 2. The Bertz CT molecular complexity index is 761. The summed E-state index contributed by atoms with van der Waals surface area (Å²) in [4.78, 5) is 11.8. The fourth-order valence-corrected chi connectivity index (χ4v) is 2.58. The number of carbonyl (C=O) groups excluding carboxylic acids is 1. The smallest absolute Gasteiger partial charge is 0.242 e. The number of rotatable bonds is 1. The van der Waals surface area contributed by atoms with Gasteiger partial charge in [0.1, 0.15) is 0 Å². The molecule has 3 nitrogen and oxygen atoms in total. The minimum Gasteiger partial charge on any atom is -0.504 e. The van der Waals surface area contributed by atoms with Crippen molar-refractivity contribution >= 4 is 28.6 Å². The zero-order valence-electron chi connectivity index (χ0n) is 10.3. The summed E-state index contributed by atoms with van der Waals surface area (Å²) in [5.41, 5.74) is 2.48. The lowest BCUT2D eigenvalue weighted by molar-refractivity contribution is -0.111. The molecule has 0 spiro atoms. The standard InChI is InChI=1S/C16H10O3S/c17-13-12-10(9-5-2-1-3-6-9)7-4-8-11(12)16(20)15(19)14(13)18/h1-8,17-18H. The zero-order chi connectivity index (χ0) is 14.3. The minimum atomic E-state index is -0.713. The number of aliphatic hydroxyl groups excluding tert-OH is 2. The van der Waals surface area contributed by atoms with Gasteiger partial charge in [-0.2, -0.15) is 0 Å². The maximum Gasteiger partial charge on any atom is 0.242 e. The number of carbonyl (C=O) groups is 1. The summed E-state index contributed by atoms with van der Waals surface area (Å²) in [5.74, 6) is -1.82. The molecule has 0 atom stereocenters. The van der Waals surface area contributed by atoms with Crippen LogP contribution in [0.25, 0.3) is 16.9 Å². The summed E-state index contributed by atoms with van der Waals surface area (Å²) in [6.45, 7) is 0. The van der Waals surface area contributed by atoms with Gasteiger partial charge in [0.05, 0.1) is 4.86 Å². The molecule has 1 aliphatic rings. The van der Waals surface area contributed by atoms with E-state index >= 15 is 0 Å². The minimum absolute atomic E-state index is 0.0214. The van der Waals surface area contributed by atoms with E-state index in [1.54, 1.807) is 12.1 Å². The number of Topliss-reactive ketones (excluding diaryl/α,β-unsaturated/α-hetero) is 1. The van der Waals surface area contributed by atoms with E-state index in [9.17, 15) is 15.0 Å². The Balaban J connectivity index is 2.35. The van der Waals surface area contributed by atoms with Crippen LogP contribution >= 0.6 is 12.2 Å². The van der Waals surface area contributed by atoms with Gasteiger partial charge in [0.15, 0.2) is 5.76 Å². The van der Waals surface area contributed by atoms with Crippen LogP contribution in [0.2, 0.25) is 0 Å². The van der Waals surface area contributed by atoms with E-state index in [2.05, 4.69) is 0 Å². The number of ketones is 1. The highest BCUT2D eigenvalue weighted by atomic mass is 32.1. The molecule has 2 aromatic carbocycles. The number of thiocarbonyl (C=S) groups is 1. The van der Waals surface area contributed by atoms with E-state index < -0.39 is 17.3 Å². The summed E-state index contributed by atoms with van der Waals surface area (Å²) < 4.78 is 0. The molecule has 0 fully saturated rings. The largest absolute Gasteiger partial charge is 0.504 e. The normalized spacial score (nSPS) is 14.4. The Kier molecular flexibility index (Phi) is 2.88. The number of hydrogen-bond acceptors (Lipinski definition) is 4. The molecule has 0 aliphatic heterocycles. The van der Waals surface area contributed by atoms with Gasteiger partial charge in [0, 0.05) is 11.1 Å². The SMILES string of the molecule is O=C1C(=S)c2cccc(-c3ccccc3)c2C(O)=C1O. The van der Waals surface area contributed by atoms with Gasteiger partial charge < -0.3 is 10.2 Å². The first-order valence-corrected chi connectivity index (χ1v) is 6.42. The van der Waals surface area contributed by atoms with Crippen molar-refractivity contribution in [3.8, 4) is 11.1 Å². The molecule has 0 heterocycles. The predicted molar refractivity (Wildman–Crippen MR) is 80.8 cm³/mol. The second-order valence-corrected chi connectivity index (χ2v) is 4.86. The van der Waals surface area contributed by atoms with Crippen molar-refractivity contribution in [2.75, 3.05) is 0 Å². The highest BCUT2D eigenvalue weighted by Crippen LogP contribution is 2.35. The van der Waals surface area contributed by atoms with E-state index in [1.807, 2.05) is 36.4 Å². The average molecular weight is 282 g/mol. The number of fused-ring (bicyclic) bond motifs is 1. The van der Waals surface area contributed by atoms with Crippen LogP contribution < -0.4 is 0 Å². The van der Waals surface area contributed by atoms with Gasteiger partial charge in [0.25, 0.3) is 0 Å². The summed E-state index contributed by atoms with van der Waals surface area (Å²) in [7, 11) is 0. The Hall–Kier alpha value is -2.46. The third-order valence-corrected chi connectivity index (χ3v) is 3.68. The van der Waals surface area contributed by atoms with Gasteiger partial charge >= 0.3 is 0 Å². The van der Waals surface area contributed by atoms with E-state index in [4.69, 9.17) is 12.2 Å². The molecule has 3 rings (SSSR count). The average Bonchev–Trinajstić information content (AvgIpc) is 2.51. The van der Waals surface area contributed by atoms with Crippen LogP contribution in [-0.4, -0.2) is 20.9 Å². The molecule has 0 unspecified atom stereocenters. The maximum atomic E-state index is 11.7. The molecular formula is C16H10O3S. The number of aliphatic hydroxyl groups is 2. The first-order chi connectivity index (χ1) is 9.61. The van der Waals surface area contributed by atoms with E-state index in [1.165, 1.54) is 0 Å². The molecule has 1 aliphatic carbocycles. The van der Waals surface area contributed by atoms with Crippen LogP contribution in [0.3, 0.4) is 0 Å². The summed E-state index contributed by atoms with van der Waals surface area (Å²) >= 11 is 5.07. The Morgan fingerprint density at radius 2 is 1.45 bits per heavy atom.